The molecule has 0 N–H and O–H groups in total. The minimum Gasteiger partial charge on any atom is -0.399 e. The topological polar surface area (TPSA) is 36.9 Å². The van der Waals surface area contributed by atoms with Crippen LogP contribution in [-0.2, 0) is 18.6 Å². The van der Waals surface area contributed by atoms with Gasteiger partial charge in [-0.1, -0.05) is 54.6 Å². The third-order valence-electron chi connectivity index (χ3n) is 8.16. The molecule has 3 aromatic rings. The fourth-order valence-corrected chi connectivity index (χ4v) is 4.38. The number of hydrogen-bond acceptors (Lipinski definition) is 4. The van der Waals surface area contributed by atoms with E-state index in [9.17, 15) is 0 Å². The molecule has 0 saturated carbocycles. The van der Waals surface area contributed by atoms with Crippen molar-refractivity contribution in [3.63, 3.8) is 0 Å². The standard InChI is InChI=1S/C28H34B2O4/c1-25(2)26(3,4)32-29(31-25)23-14-11-19(12-15-23)20-9-10-22-18-24(16-13-21(22)17-20)30-33-27(5,6)28(7,8)34-30/h9-18H,1-8H3. The lowest BCUT2D eigenvalue weighted by Gasteiger charge is -2.32. The van der Waals surface area contributed by atoms with E-state index in [2.05, 4.69) is 116 Å². The molecule has 0 aromatic heterocycles. The summed E-state index contributed by atoms with van der Waals surface area (Å²) < 4.78 is 24.8. The maximum Gasteiger partial charge on any atom is 0.494 e. The van der Waals surface area contributed by atoms with Crippen LogP contribution < -0.4 is 10.9 Å². The normalized spacial score (nSPS) is 22.5. The Balaban J connectivity index is 1.37. The summed E-state index contributed by atoms with van der Waals surface area (Å²) in [6.07, 6.45) is 0. The summed E-state index contributed by atoms with van der Waals surface area (Å²) in [6, 6.07) is 21.5. The van der Waals surface area contributed by atoms with Crippen LogP contribution in [0.5, 0.6) is 0 Å². The highest BCUT2D eigenvalue weighted by molar-refractivity contribution is 6.62. The van der Waals surface area contributed by atoms with Crippen LogP contribution in [0.4, 0.5) is 0 Å². The number of rotatable bonds is 3. The highest BCUT2D eigenvalue weighted by Gasteiger charge is 2.52. The molecular weight excluding hydrogens is 422 g/mol. The van der Waals surface area contributed by atoms with Gasteiger partial charge in [-0.3, -0.25) is 0 Å². The van der Waals surface area contributed by atoms with Gasteiger partial charge in [0, 0.05) is 0 Å². The van der Waals surface area contributed by atoms with Crippen molar-refractivity contribution in [1.29, 1.82) is 0 Å². The second-order valence-corrected chi connectivity index (χ2v) is 11.6. The molecule has 0 spiro atoms. The van der Waals surface area contributed by atoms with Crippen molar-refractivity contribution in [2.45, 2.75) is 77.8 Å². The van der Waals surface area contributed by atoms with E-state index in [1.807, 2.05) is 0 Å². The van der Waals surface area contributed by atoms with Crippen molar-refractivity contribution in [3.8, 4) is 11.1 Å². The molecule has 6 heteroatoms. The largest absolute Gasteiger partial charge is 0.494 e. The summed E-state index contributed by atoms with van der Waals surface area (Å²) in [5.41, 5.74) is 3.06. The first-order valence-electron chi connectivity index (χ1n) is 12.1. The molecule has 2 fully saturated rings. The summed E-state index contributed by atoms with van der Waals surface area (Å²) in [5, 5.41) is 2.36. The van der Waals surface area contributed by atoms with Crippen LogP contribution in [0.2, 0.25) is 0 Å². The molecule has 0 unspecified atom stereocenters. The van der Waals surface area contributed by atoms with Crippen molar-refractivity contribution < 1.29 is 18.6 Å². The average Bonchev–Trinajstić information content (AvgIpc) is 3.12. The van der Waals surface area contributed by atoms with E-state index >= 15 is 0 Å². The smallest absolute Gasteiger partial charge is 0.399 e. The molecule has 2 aliphatic rings. The van der Waals surface area contributed by atoms with Gasteiger partial charge in [0.2, 0.25) is 0 Å². The van der Waals surface area contributed by atoms with Crippen molar-refractivity contribution in [2.24, 2.45) is 0 Å². The summed E-state index contributed by atoms with van der Waals surface area (Å²) in [6.45, 7) is 16.6. The van der Waals surface area contributed by atoms with E-state index in [1.54, 1.807) is 0 Å². The first kappa shape index (κ1) is 23.6. The SMILES string of the molecule is CC1(C)OB(c2ccc(-c3ccc4cc(B5OC(C)(C)C(C)(C)O5)ccc4c3)cc2)OC1(C)C. The number of benzene rings is 3. The van der Waals surface area contributed by atoms with Gasteiger partial charge in [0.15, 0.2) is 0 Å². The molecule has 2 heterocycles. The van der Waals surface area contributed by atoms with Gasteiger partial charge >= 0.3 is 14.2 Å². The Labute approximate surface area is 204 Å². The van der Waals surface area contributed by atoms with Crippen molar-refractivity contribution >= 4 is 35.9 Å². The van der Waals surface area contributed by atoms with Gasteiger partial charge in [-0.05, 0) is 94.3 Å². The molecule has 176 valence electrons. The van der Waals surface area contributed by atoms with E-state index < -0.39 is 0 Å². The van der Waals surface area contributed by atoms with Crippen LogP contribution in [0.3, 0.4) is 0 Å². The molecule has 0 atom stereocenters. The molecule has 3 aromatic carbocycles. The van der Waals surface area contributed by atoms with Crippen LogP contribution in [0.1, 0.15) is 55.4 Å². The van der Waals surface area contributed by atoms with E-state index in [0.29, 0.717) is 0 Å². The second-order valence-electron chi connectivity index (χ2n) is 11.6. The highest BCUT2D eigenvalue weighted by atomic mass is 16.7. The van der Waals surface area contributed by atoms with Crippen LogP contribution in [0.15, 0.2) is 60.7 Å². The second kappa shape index (κ2) is 7.69. The zero-order chi connectivity index (χ0) is 24.5. The van der Waals surface area contributed by atoms with Gasteiger partial charge in [-0.2, -0.15) is 0 Å². The molecule has 2 saturated heterocycles. The Hall–Kier alpha value is -2.11. The lowest BCUT2D eigenvalue weighted by Crippen LogP contribution is -2.41. The van der Waals surface area contributed by atoms with Gasteiger partial charge in [0.25, 0.3) is 0 Å². The van der Waals surface area contributed by atoms with Gasteiger partial charge in [-0.25, -0.2) is 0 Å². The fraction of sp³-hybridized carbons (Fsp3) is 0.429. The fourth-order valence-electron chi connectivity index (χ4n) is 4.38. The molecule has 0 radical (unpaired) electrons. The van der Waals surface area contributed by atoms with Crippen molar-refractivity contribution in [3.05, 3.63) is 60.7 Å². The summed E-state index contributed by atoms with van der Waals surface area (Å²) in [7, 11) is -0.694. The summed E-state index contributed by atoms with van der Waals surface area (Å²) in [5.74, 6) is 0. The third kappa shape index (κ3) is 3.91. The monoisotopic (exact) mass is 456 g/mol. The van der Waals surface area contributed by atoms with E-state index in [-0.39, 0.29) is 36.6 Å². The minimum atomic E-state index is -0.350. The van der Waals surface area contributed by atoms with Crippen LogP contribution >= 0.6 is 0 Å². The quantitative estimate of drug-likeness (QED) is 0.514. The first-order chi connectivity index (χ1) is 15.8. The van der Waals surface area contributed by atoms with Crippen molar-refractivity contribution in [1.82, 2.24) is 0 Å². The average molecular weight is 456 g/mol. The van der Waals surface area contributed by atoms with Gasteiger partial charge < -0.3 is 18.6 Å². The Kier molecular flexibility index (Phi) is 5.35. The molecule has 5 rings (SSSR count). The highest BCUT2D eigenvalue weighted by Crippen LogP contribution is 2.38. The van der Waals surface area contributed by atoms with Crippen LogP contribution in [-0.4, -0.2) is 36.6 Å². The van der Waals surface area contributed by atoms with Gasteiger partial charge in [0.05, 0.1) is 22.4 Å². The Morgan fingerprint density at radius 1 is 0.441 bits per heavy atom. The third-order valence-corrected chi connectivity index (χ3v) is 8.16. The Morgan fingerprint density at radius 2 is 0.824 bits per heavy atom. The van der Waals surface area contributed by atoms with E-state index in [1.165, 1.54) is 16.3 Å². The molecule has 34 heavy (non-hydrogen) atoms. The maximum atomic E-state index is 6.23. The Morgan fingerprint density at radius 3 is 1.35 bits per heavy atom. The zero-order valence-electron chi connectivity index (χ0n) is 21.6. The molecule has 2 aliphatic heterocycles. The molecule has 0 bridgehead atoms. The molecule has 4 nitrogen and oxygen atoms in total. The number of hydrogen-bond donors (Lipinski definition) is 0. The number of fused-ring (bicyclic) bond motifs is 1. The molecule has 0 amide bonds. The van der Waals surface area contributed by atoms with Crippen molar-refractivity contribution in [2.75, 3.05) is 0 Å². The zero-order valence-corrected chi connectivity index (χ0v) is 21.6. The minimum absolute atomic E-state index is 0.340. The van der Waals surface area contributed by atoms with E-state index in [4.69, 9.17) is 18.6 Å². The van der Waals surface area contributed by atoms with Gasteiger partial charge in [0.1, 0.15) is 0 Å². The predicted octanol–water partition coefficient (Wildman–Crippen LogP) is 5.11. The van der Waals surface area contributed by atoms with Gasteiger partial charge in [-0.15, -0.1) is 0 Å². The molecular formula is C28H34B2O4. The lowest BCUT2D eigenvalue weighted by atomic mass is 9.78. The Bertz CT molecular complexity index is 1200. The lowest BCUT2D eigenvalue weighted by molar-refractivity contribution is 0.00578. The first-order valence-corrected chi connectivity index (χ1v) is 12.1. The molecule has 0 aliphatic carbocycles. The maximum absolute atomic E-state index is 6.23. The summed E-state index contributed by atoms with van der Waals surface area (Å²) in [4.78, 5) is 0. The summed E-state index contributed by atoms with van der Waals surface area (Å²) >= 11 is 0. The van der Waals surface area contributed by atoms with Crippen LogP contribution in [0, 0.1) is 0 Å². The van der Waals surface area contributed by atoms with Crippen LogP contribution in [0.25, 0.3) is 21.9 Å². The van der Waals surface area contributed by atoms with E-state index in [0.717, 1.165) is 16.5 Å². The predicted molar refractivity (Wildman–Crippen MR) is 141 cm³/mol.